The lowest BCUT2D eigenvalue weighted by atomic mass is 10.2. The monoisotopic (exact) mass is 177 g/mol. The molecule has 0 radical (unpaired) electrons. The molecule has 0 spiro atoms. The molecule has 1 aromatic rings. The fraction of sp³-hybridized carbons (Fsp3) is 0.400. The molecule has 0 amide bonds. The Morgan fingerprint density at radius 1 is 1.46 bits per heavy atom. The molecule has 0 saturated heterocycles. The maximum atomic E-state index is 3.97. The van der Waals surface area contributed by atoms with Gasteiger partial charge in [-0.15, -0.1) is 0 Å². The number of allylic oxidation sites excluding steroid dienone is 2. The minimum absolute atomic E-state index is 0.261. The fourth-order valence-electron chi connectivity index (χ4n) is 1.04. The van der Waals surface area contributed by atoms with Gasteiger partial charge in [-0.1, -0.05) is 6.08 Å². The molecule has 0 aliphatic rings. The minimum atomic E-state index is 0.261. The molecule has 70 valence electrons. The minimum Gasteiger partial charge on any atom is -0.382 e. The SMILES string of the molecule is C/C=C(/C)NC(C)c1cncnc1. The summed E-state index contributed by atoms with van der Waals surface area (Å²) < 4.78 is 0. The molecule has 1 rings (SSSR count). The van der Waals surface area contributed by atoms with E-state index < -0.39 is 0 Å². The van der Waals surface area contributed by atoms with Gasteiger partial charge >= 0.3 is 0 Å². The number of nitrogens with one attached hydrogen (secondary N) is 1. The van der Waals surface area contributed by atoms with E-state index in [9.17, 15) is 0 Å². The van der Waals surface area contributed by atoms with Crippen LogP contribution < -0.4 is 5.32 Å². The van der Waals surface area contributed by atoms with Crippen LogP contribution in [0.15, 0.2) is 30.5 Å². The smallest absolute Gasteiger partial charge is 0.115 e. The molecule has 0 aliphatic heterocycles. The first-order valence-electron chi connectivity index (χ1n) is 4.38. The highest BCUT2D eigenvalue weighted by Gasteiger charge is 2.03. The summed E-state index contributed by atoms with van der Waals surface area (Å²) in [5.41, 5.74) is 2.26. The Hall–Kier alpha value is -1.38. The van der Waals surface area contributed by atoms with Crippen LogP contribution in [0.3, 0.4) is 0 Å². The molecule has 1 aromatic heterocycles. The van der Waals surface area contributed by atoms with Crippen LogP contribution in [0.25, 0.3) is 0 Å². The van der Waals surface area contributed by atoms with E-state index in [-0.39, 0.29) is 6.04 Å². The van der Waals surface area contributed by atoms with Crippen molar-refractivity contribution in [2.24, 2.45) is 0 Å². The quantitative estimate of drug-likeness (QED) is 0.767. The van der Waals surface area contributed by atoms with E-state index in [2.05, 4.69) is 22.2 Å². The van der Waals surface area contributed by atoms with Gasteiger partial charge in [0.1, 0.15) is 6.33 Å². The van der Waals surface area contributed by atoms with Crippen LogP contribution in [-0.4, -0.2) is 9.97 Å². The van der Waals surface area contributed by atoms with Gasteiger partial charge in [-0.3, -0.25) is 0 Å². The summed E-state index contributed by atoms with van der Waals surface area (Å²) >= 11 is 0. The van der Waals surface area contributed by atoms with Gasteiger partial charge in [-0.05, 0) is 20.8 Å². The molecule has 0 fully saturated rings. The second kappa shape index (κ2) is 4.60. The molecule has 1 atom stereocenters. The van der Waals surface area contributed by atoms with Crippen molar-refractivity contribution in [3.63, 3.8) is 0 Å². The predicted octanol–water partition coefficient (Wildman–Crippen LogP) is 2.05. The zero-order valence-corrected chi connectivity index (χ0v) is 8.28. The van der Waals surface area contributed by atoms with E-state index in [4.69, 9.17) is 0 Å². The van der Waals surface area contributed by atoms with Gasteiger partial charge in [0.15, 0.2) is 0 Å². The number of rotatable bonds is 3. The summed E-state index contributed by atoms with van der Waals surface area (Å²) in [7, 11) is 0. The predicted molar refractivity (Wildman–Crippen MR) is 53.0 cm³/mol. The van der Waals surface area contributed by atoms with Crippen LogP contribution in [0.1, 0.15) is 32.4 Å². The second-order valence-corrected chi connectivity index (χ2v) is 3.01. The van der Waals surface area contributed by atoms with E-state index >= 15 is 0 Å². The first kappa shape index (κ1) is 9.71. The number of aromatic nitrogens is 2. The van der Waals surface area contributed by atoms with Crippen LogP contribution in [0.5, 0.6) is 0 Å². The van der Waals surface area contributed by atoms with Gasteiger partial charge in [0.25, 0.3) is 0 Å². The third-order valence-electron chi connectivity index (χ3n) is 1.96. The molecule has 3 nitrogen and oxygen atoms in total. The standard InChI is InChI=1S/C10H15N3/c1-4-8(2)13-9(3)10-5-11-7-12-6-10/h4-7,9,13H,1-3H3/b8-4-. The maximum Gasteiger partial charge on any atom is 0.115 e. The summed E-state index contributed by atoms with van der Waals surface area (Å²) in [6.07, 6.45) is 7.24. The van der Waals surface area contributed by atoms with Crippen molar-refractivity contribution in [2.75, 3.05) is 0 Å². The zero-order valence-electron chi connectivity index (χ0n) is 8.28. The van der Waals surface area contributed by atoms with E-state index in [1.807, 2.05) is 32.3 Å². The van der Waals surface area contributed by atoms with Crippen molar-refractivity contribution in [1.29, 1.82) is 0 Å². The van der Waals surface area contributed by atoms with E-state index in [0.29, 0.717) is 0 Å². The van der Waals surface area contributed by atoms with Gasteiger partial charge in [-0.2, -0.15) is 0 Å². The molecular formula is C10H15N3. The van der Waals surface area contributed by atoms with Gasteiger partial charge in [0, 0.05) is 23.7 Å². The molecular weight excluding hydrogens is 162 g/mol. The Morgan fingerprint density at radius 2 is 2.08 bits per heavy atom. The van der Waals surface area contributed by atoms with E-state index in [1.165, 1.54) is 0 Å². The lowest BCUT2D eigenvalue weighted by Crippen LogP contribution is -2.16. The summed E-state index contributed by atoms with van der Waals surface area (Å²) in [6, 6.07) is 0.261. The summed E-state index contributed by atoms with van der Waals surface area (Å²) in [5, 5.41) is 3.33. The summed E-state index contributed by atoms with van der Waals surface area (Å²) in [4.78, 5) is 7.94. The van der Waals surface area contributed by atoms with Crippen LogP contribution in [0, 0.1) is 0 Å². The third kappa shape index (κ3) is 2.86. The first-order valence-corrected chi connectivity index (χ1v) is 4.38. The Kier molecular flexibility index (Phi) is 3.43. The van der Waals surface area contributed by atoms with Gasteiger partial charge < -0.3 is 5.32 Å². The molecule has 1 heterocycles. The number of nitrogens with zero attached hydrogens (tertiary/aromatic N) is 2. The van der Waals surface area contributed by atoms with Crippen LogP contribution in [0.4, 0.5) is 0 Å². The normalized spacial score (nSPS) is 13.9. The topological polar surface area (TPSA) is 37.8 Å². The van der Waals surface area contributed by atoms with Gasteiger partial charge in [-0.25, -0.2) is 9.97 Å². The lowest BCUT2D eigenvalue weighted by molar-refractivity contribution is 0.647. The molecule has 0 bridgehead atoms. The van der Waals surface area contributed by atoms with Crippen molar-refractivity contribution >= 4 is 0 Å². The first-order chi connectivity index (χ1) is 6.24. The van der Waals surface area contributed by atoms with Crippen molar-refractivity contribution in [1.82, 2.24) is 15.3 Å². The summed E-state index contributed by atoms with van der Waals surface area (Å²) in [5.74, 6) is 0. The number of hydrogen-bond acceptors (Lipinski definition) is 3. The molecule has 13 heavy (non-hydrogen) atoms. The average Bonchev–Trinajstić information content (AvgIpc) is 2.19. The Labute approximate surface area is 78.9 Å². The van der Waals surface area contributed by atoms with Crippen LogP contribution >= 0.6 is 0 Å². The van der Waals surface area contributed by atoms with Crippen molar-refractivity contribution in [2.45, 2.75) is 26.8 Å². The van der Waals surface area contributed by atoms with Crippen molar-refractivity contribution in [3.05, 3.63) is 36.1 Å². The van der Waals surface area contributed by atoms with E-state index in [1.54, 1.807) is 6.33 Å². The average molecular weight is 177 g/mol. The maximum absolute atomic E-state index is 3.97. The Bertz CT molecular complexity index is 279. The van der Waals surface area contributed by atoms with Gasteiger partial charge in [0.05, 0.1) is 6.04 Å². The second-order valence-electron chi connectivity index (χ2n) is 3.01. The highest BCUT2D eigenvalue weighted by atomic mass is 14.9. The van der Waals surface area contributed by atoms with Crippen molar-refractivity contribution in [3.8, 4) is 0 Å². The van der Waals surface area contributed by atoms with E-state index in [0.717, 1.165) is 11.3 Å². The molecule has 1 N–H and O–H groups in total. The molecule has 0 saturated carbocycles. The van der Waals surface area contributed by atoms with Crippen LogP contribution in [0.2, 0.25) is 0 Å². The Balaban J connectivity index is 2.64. The third-order valence-corrected chi connectivity index (χ3v) is 1.96. The largest absolute Gasteiger partial charge is 0.382 e. The van der Waals surface area contributed by atoms with Crippen LogP contribution in [-0.2, 0) is 0 Å². The van der Waals surface area contributed by atoms with Gasteiger partial charge in [0.2, 0.25) is 0 Å². The lowest BCUT2D eigenvalue weighted by Gasteiger charge is -2.14. The molecule has 1 unspecified atom stereocenters. The Morgan fingerprint density at radius 3 is 2.62 bits per heavy atom. The summed E-state index contributed by atoms with van der Waals surface area (Å²) in [6.45, 7) is 6.14. The highest BCUT2D eigenvalue weighted by Crippen LogP contribution is 2.10. The fourth-order valence-corrected chi connectivity index (χ4v) is 1.04. The molecule has 0 aromatic carbocycles. The highest BCUT2D eigenvalue weighted by molar-refractivity contribution is 5.10. The molecule has 3 heteroatoms. The number of hydrogen-bond donors (Lipinski definition) is 1. The zero-order chi connectivity index (χ0) is 9.68. The van der Waals surface area contributed by atoms with Crippen molar-refractivity contribution < 1.29 is 0 Å². The molecule has 0 aliphatic carbocycles.